The summed E-state index contributed by atoms with van der Waals surface area (Å²) < 4.78 is 1.91. The van der Waals surface area contributed by atoms with Gasteiger partial charge in [0.2, 0.25) is 0 Å². The van der Waals surface area contributed by atoms with Gasteiger partial charge in [0.25, 0.3) is 0 Å². The molecule has 108 valence electrons. The average Bonchev–Trinajstić information content (AvgIpc) is 2.94. The average molecular weight is 272 g/mol. The molecule has 0 aliphatic heterocycles. The molecule has 0 fully saturated rings. The Morgan fingerprint density at radius 2 is 1.95 bits per heavy atom. The van der Waals surface area contributed by atoms with Crippen molar-refractivity contribution in [1.82, 2.24) is 14.7 Å². The van der Waals surface area contributed by atoms with E-state index in [-0.39, 0.29) is 6.04 Å². The van der Waals surface area contributed by atoms with Gasteiger partial charge in [0.1, 0.15) is 0 Å². The molecule has 0 spiro atoms. The zero-order valence-electron chi connectivity index (χ0n) is 12.5. The summed E-state index contributed by atoms with van der Waals surface area (Å²) in [6.07, 6.45) is 4.01. The van der Waals surface area contributed by atoms with Crippen LogP contribution in [0.1, 0.15) is 32.4 Å². The van der Waals surface area contributed by atoms with Gasteiger partial charge in [-0.05, 0) is 32.5 Å². The quantitative estimate of drug-likeness (QED) is 0.879. The van der Waals surface area contributed by atoms with Crippen LogP contribution in [-0.2, 0) is 0 Å². The van der Waals surface area contributed by atoms with E-state index in [2.05, 4.69) is 37.0 Å². The van der Waals surface area contributed by atoms with Gasteiger partial charge in [0, 0.05) is 24.3 Å². The molecule has 0 amide bonds. The number of nitrogens with two attached hydrogens (primary N) is 1. The molecule has 4 nitrogen and oxygen atoms in total. The van der Waals surface area contributed by atoms with Crippen molar-refractivity contribution in [2.75, 3.05) is 13.1 Å². The first kappa shape index (κ1) is 14.8. The van der Waals surface area contributed by atoms with E-state index in [9.17, 15) is 0 Å². The summed E-state index contributed by atoms with van der Waals surface area (Å²) in [5, 5.41) is 4.47. The van der Waals surface area contributed by atoms with Gasteiger partial charge in [-0.25, -0.2) is 4.68 Å². The maximum atomic E-state index is 5.99. The molecule has 0 saturated heterocycles. The van der Waals surface area contributed by atoms with E-state index >= 15 is 0 Å². The standard InChI is InChI=1S/C16H24N4/c1-4-19(13(2)3)16(10-17)14-11-18-20(12-14)15-8-6-5-7-9-15/h5-9,11-13,16H,4,10,17H2,1-3H3. The van der Waals surface area contributed by atoms with Gasteiger partial charge in [-0.2, -0.15) is 5.10 Å². The van der Waals surface area contributed by atoms with Crippen LogP contribution in [-0.4, -0.2) is 33.8 Å². The molecule has 0 saturated carbocycles. The highest BCUT2D eigenvalue weighted by molar-refractivity contribution is 5.31. The number of para-hydroxylation sites is 1. The third kappa shape index (κ3) is 3.08. The minimum atomic E-state index is 0.220. The van der Waals surface area contributed by atoms with Crippen molar-refractivity contribution >= 4 is 0 Å². The number of nitrogens with zero attached hydrogens (tertiary/aromatic N) is 3. The zero-order chi connectivity index (χ0) is 14.5. The summed E-state index contributed by atoms with van der Waals surface area (Å²) >= 11 is 0. The van der Waals surface area contributed by atoms with E-state index in [4.69, 9.17) is 5.73 Å². The molecule has 1 aromatic heterocycles. The van der Waals surface area contributed by atoms with E-state index in [0.717, 1.165) is 12.2 Å². The first-order valence-electron chi connectivity index (χ1n) is 7.23. The first-order valence-corrected chi connectivity index (χ1v) is 7.23. The molecule has 1 unspecified atom stereocenters. The summed E-state index contributed by atoms with van der Waals surface area (Å²) in [5.74, 6) is 0. The molecular formula is C16H24N4. The Bertz CT molecular complexity index is 518. The summed E-state index contributed by atoms with van der Waals surface area (Å²) in [6, 6.07) is 10.8. The van der Waals surface area contributed by atoms with Crippen molar-refractivity contribution in [3.63, 3.8) is 0 Å². The number of aromatic nitrogens is 2. The van der Waals surface area contributed by atoms with Crippen LogP contribution in [0, 0.1) is 0 Å². The fourth-order valence-electron chi connectivity index (χ4n) is 2.64. The van der Waals surface area contributed by atoms with Crippen molar-refractivity contribution in [3.05, 3.63) is 48.3 Å². The maximum absolute atomic E-state index is 5.99. The van der Waals surface area contributed by atoms with Crippen LogP contribution < -0.4 is 5.73 Å². The molecule has 0 bridgehead atoms. The molecule has 4 heteroatoms. The predicted molar refractivity (Wildman–Crippen MR) is 82.9 cm³/mol. The maximum Gasteiger partial charge on any atom is 0.0645 e. The molecule has 2 N–H and O–H groups in total. The van der Waals surface area contributed by atoms with E-state index in [1.165, 1.54) is 5.56 Å². The van der Waals surface area contributed by atoms with Crippen molar-refractivity contribution in [2.45, 2.75) is 32.9 Å². The van der Waals surface area contributed by atoms with E-state index < -0.39 is 0 Å². The van der Waals surface area contributed by atoms with Crippen molar-refractivity contribution in [1.29, 1.82) is 0 Å². The summed E-state index contributed by atoms with van der Waals surface area (Å²) in [7, 11) is 0. The minimum absolute atomic E-state index is 0.220. The van der Waals surface area contributed by atoms with Crippen LogP contribution >= 0.6 is 0 Å². The lowest BCUT2D eigenvalue weighted by Gasteiger charge is -2.32. The highest BCUT2D eigenvalue weighted by Gasteiger charge is 2.21. The Balaban J connectivity index is 2.26. The fraction of sp³-hybridized carbons (Fsp3) is 0.438. The third-order valence-electron chi connectivity index (χ3n) is 3.66. The Labute approximate surface area is 121 Å². The number of likely N-dealkylation sites (N-methyl/N-ethyl adjacent to an activating group) is 1. The molecule has 0 aliphatic carbocycles. The number of hydrogen-bond acceptors (Lipinski definition) is 3. The summed E-state index contributed by atoms with van der Waals surface area (Å²) in [4.78, 5) is 2.40. The molecule has 2 aromatic rings. The van der Waals surface area contributed by atoms with Crippen molar-refractivity contribution < 1.29 is 0 Å². The fourth-order valence-corrected chi connectivity index (χ4v) is 2.64. The van der Waals surface area contributed by atoms with Crippen molar-refractivity contribution in [3.8, 4) is 5.69 Å². The van der Waals surface area contributed by atoms with Crippen molar-refractivity contribution in [2.24, 2.45) is 5.73 Å². The Hall–Kier alpha value is -1.65. The van der Waals surface area contributed by atoms with Gasteiger partial charge < -0.3 is 5.73 Å². The van der Waals surface area contributed by atoms with Gasteiger partial charge in [0.05, 0.1) is 17.9 Å². The Kier molecular flexibility index (Phi) is 4.93. The molecule has 0 radical (unpaired) electrons. The van der Waals surface area contributed by atoms with Crippen LogP contribution in [0.5, 0.6) is 0 Å². The predicted octanol–water partition coefficient (Wildman–Crippen LogP) is 2.60. The highest BCUT2D eigenvalue weighted by Crippen LogP contribution is 2.22. The summed E-state index contributed by atoms with van der Waals surface area (Å²) in [5.41, 5.74) is 8.23. The molecule has 20 heavy (non-hydrogen) atoms. The van der Waals surface area contributed by atoms with Crippen LogP contribution in [0.25, 0.3) is 5.69 Å². The van der Waals surface area contributed by atoms with Crippen LogP contribution in [0.4, 0.5) is 0 Å². The van der Waals surface area contributed by atoms with E-state index in [1.807, 2.05) is 41.2 Å². The van der Waals surface area contributed by atoms with Crippen LogP contribution in [0.15, 0.2) is 42.7 Å². The van der Waals surface area contributed by atoms with Gasteiger partial charge in [-0.3, -0.25) is 4.90 Å². The molecule has 1 heterocycles. The minimum Gasteiger partial charge on any atom is -0.329 e. The highest BCUT2D eigenvalue weighted by atomic mass is 15.3. The lowest BCUT2D eigenvalue weighted by Crippen LogP contribution is -2.38. The molecule has 2 rings (SSSR count). The van der Waals surface area contributed by atoms with E-state index in [0.29, 0.717) is 12.6 Å². The van der Waals surface area contributed by atoms with Gasteiger partial charge >= 0.3 is 0 Å². The Morgan fingerprint density at radius 3 is 2.50 bits per heavy atom. The lowest BCUT2D eigenvalue weighted by molar-refractivity contribution is 0.166. The normalized spacial score (nSPS) is 13.1. The number of rotatable bonds is 6. The molecule has 1 atom stereocenters. The van der Waals surface area contributed by atoms with Gasteiger partial charge in [-0.15, -0.1) is 0 Å². The second-order valence-electron chi connectivity index (χ2n) is 5.23. The lowest BCUT2D eigenvalue weighted by atomic mass is 10.1. The monoisotopic (exact) mass is 272 g/mol. The molecular weight excluding hydrogens is 248 g/mol. The molecule has 1 aromatic carbocycles. The van der Waals surface area contributed by atoms with Crippen LogP contribution in [0.3, 0.4) is 0 Å². The largest absolute Gasteiger partial charge is 0.329 e. The SMILES string of the molecule is CCN(C(C)C)C(CN)c1cnn(-c2ccccc2)c1. The number of hydrogen-bond donors (Lipinski definition) is 1. The smallest absolute Gasteiger partial charge is 0.0645 e. The summed E-state index contributed by atoms with van der Waals surface area (Å²) in [6.45, 7) is 8.16. The van der Waals surface area contributed by atoms with Gasteiger partial charge in [-0.1, -0.05) is 25.1 Å². The first-order chi connectivity index (χ1) is 9.67. The molecule has 0 aliphatic rings. The van der Waals surface area contributed by atoms with E-state index in [1.54, 1.807) is 0 Å². The Morgan fingerprint density at radius 1 is 1.25 bits per heavy atom. The second-order valence-corrected chi connectivity index (χ2v) is 5.23. The second kappa shape index (κ2) is 6.68. The zero-order valence-corrected chi connectivity index (χ0v) is 12.5. The third-order valence-corrected chi connectivity index (χ3v) is 3.66. The van der Waals surface area contributed by atoms with Crippen LogP contribution in [0.2, 0.25) is 0 Å². The topological polar surface area (TPSA) is 47.1 Å². The number of benzene rings is 1. The van der Waals surface area contributed by atoms with Gasteiger partial charge in [0.15, 0.2) is 0 Å².